The van der Waals surface area contributed by atoms with Crippen LogP contribution in [0.2, 0.25) is 0 Å². The quantitative estimate of drug-likeness (QED) is 0.108. The zero-order valence-corrected chi connectivity index (χ0v) is 48.5. The van der Waals surface area contributed by atoms with Crippen molar-refractivity contribution < 1.29 is 20.1 Å². The standard InChI is InChI=1S/C80H51N4.Ir/c1-3-21-55(22-4-1)57-25-19-27-59(47-57)75-52-61(77-35-13-16-44-81-77)38-41-72(75)70-32-10-7-29-67(70)64-49-65(51-66(50-64)69-31-9-12-34-74(69)80-43-40-63(54-84-80)79-37-15-18-46-83-79)68-30-8-11-33-71(68)73-42-39-62(78-36-14-17-45-82-78)53-76(73)60-28-20-26-58(48-60)56-23-5-2-6-24-56;/h1-37,41-54H;/q-3;+3. The molecule has 10 aromatic carbocycles. The minimum Gasteiger partial charge on any atom is -0.352 e. The Morgan fingerprint density at radius 1 is 0.200 bits per heavy atom. The molecule has 400 valence electrons. The minimum absolute atomic E-state index is 0. The summed E-state index contributed by atoms with van der Waals surface area (Å²) in [5.74, 6) is 0. The van der Waals surface area contributed by atoms with E-state index in [9.17, 15) is 0 Å². The van der Waals surface area contributed by atoms with Crippen molar-refractivity contribution in [2.45, 2.75) is 0 Å². The smallest absolute Gasteiger partial charge is 0.352 e. The van der Waals surface area contributed by atoms with E-state index in [2.05, 4.69) is 248 Å². The summed E-state index contributed by atoms with van der Waals surface area (Å²) in [5, 5.41) is 0. The van der Waals surface area contributed by atoms with Gasteiger partial charge in [-0.2, -0.15) is 0 Å². The molecule has 0 radical (unpaired) electrons. The van der Waals surface area contributed by atoms with Crippen molar-refractivity contribution >= 4 is 0 Å². The number of rotatable bonds is 13. The molecule has 0 N–H and O–H groups in total. The Morgan fingerprint density at radius 3 is 0.953 bits per heavy atom. The monoisotopic (exact) mass is 1260 g/mol. The molecule has 85 heavy (non-hydrogen) atoms. The fourth-order valence-corrected chi connectivity index (χ4v) is 11.4. The van der Waals surface area contributed by atoms with Crippen molar-refractivity contribution in [1.82, 2.24) is 19.9 Å². The molecule has 0 amide bonds. The van der Waals surface area contributed by atoms with E-state index in [1.165, 1.54) is 0 Å². The van der Waals surface area contributed by atoms with Gasteiger partial charge >= 0.3 is 20.1 Å². The molecule has 0 unspecified atom stereocenters. The van der Waals surface area contributed by atoms with E-state index in [1.54, 1.807) is 6.20 Å². The summed E-state index contributed by atoms with van der Waals surface area (Å²) in [5.41, 5.74) is 26.6. The van der Waals surface area contributed by atoms with E-state index in [4.69, 9.17) is 15.0 Å². The van der Waals surface area contributed by atoms with Gasteiger partial charge in [0.25, 0.3) is 0 Å². The molecule has 4 aromatic heterocycles. The molecule has 0 saturated carbocycles. The maximum Gasteiger partial charge on any atom is 3.00 e. The number of benzene rings is 10. The van der Waals surface area contributed by atoms with Gasteiger partial charge in [0, 0.05) is 18.6 Å². The molecule has 0 saturated heterocycles. The predicted molar refractivity (Wildman–Crippen MR) is 345 cm³/mol. The maximum absolute atomic E-state index is 5.08. The first kappa shape index (κ1) is 53.7. The number of aromatic nitrogens is 4. The molecule has 0 spiro atoms. The van der Waals surface area contributed by atoms with Crippen LogP contribution in [0.15, 0.2) is 310 Å². The molecule has 0 aliphatic rings. The van der Waals surface area contributed by atoms with Crippen molar-refractivity contribution in [2.24, 2.45) is 0 Å². The van der Waals surface area contributed by atoms with Crippen LogP contribution in [-0.4, -0.2) is 19.9 Å². The summed E-state index contributed by atoms with van der Waals surface area (Å²) in [7, 11) is 0. The van der Waals surface area contributed by atoms with Gasteiger partial charge in [-0.3, -0.25) is 0 Å². The molecule has 14 rings (SSSR count). The Hall–Kier alpha value is -10.6. The summed E-state index contributed by atoms with van der Waals surface area (Å²) in [6.07, 6.45) is 7.35. The van der Waals surface area contributed by atoms with Crippen LogP contribution in [0.1, 0.15) is 0 Å². The normalized spacial score (nSPS) is 11.0. The van der Waals surface area contributed by atoms with Crippen LogP contribution in [0.5, 0.6) is 0 Å². The van der Waals surface area contributed by atoms with Crippen LogP contribution >= 0.6 is 0 Å². The molecule has 4 nitrogen and oxygen atoms in total. The summed E-state index contributed by atoms with van der Waals surface area (Å²) >= 11 is 0. The first-order valence-electron chi connectivity index (χ1n) is 28.1. The molecule has 0 aliphatic carbocycles. The molecule has 14 aromatic rings. The minimum atomic E-state index is 0. The van der Waals surface area contributed by atoms with Gasteiger partial charge in [0.2, 0.25) is 0 Å². The Bertz CT molecular complexity index is 4400. The predicted octanol–water partition coefficient (Wildman–Crippen LogP) is 20.3. The van der Waals surface area contributed by atoms with Crippen molar-refractivity contribution in [3.8, 4) is 145 Å². The van der Waals surface area contributed by atoms with Crippen LogP contribution in [0.3, 0.4) is 0 Å². The molecule has 0 fully saturated rings. The topological polar surface area (TPSA) is 51.6 Å². The van der Waals surface area contributed by atoms with E-state index < -0.39 is 0 Å². The molecular formula is C80H51IrN4. The van der Waals surface area contributed by atoms with Crippen molar-refractivity contribution in [2.75, 3.05) is 0 Å². The molecular weight excluding hydrogens is 1210 g/mol. The van der Waals surface area contributed by atoms with Crippen LogP contribution in [0.25, 0.3) is 145 Å². The summed E-state index contributed by atoms with van der Waals surface area (Å²) in [6, 6.07) is 112. The van der Waals surface area contributed by atoms with E-state index in [1.807, 2.05) is 79.3 Å². The Balaban J connectivity index is 0.00000672. The van der Waals surface area contributed by atoms with Crippen LogP contribution < -0.4 is 0 Å². The second-order valence-corrected chi connectivity index (χ2v) is 20.7. The third kappa shape index (κ3) is 11.3. The van der Waals surface area contributed by atoms with Crippen LogP contribution in [-0.2, 0) is 20.1 Å². The van der Waals surface area contributed by atoms with Crippen LogP contribution in [0.4, 0.5) is 0 Å². The Morgan fingerprint density at radius 2 is 0.541 bits per heavy atom. The van der Waals surface area contributed by atoms with Gasteiger partial charge in [0.1, 0.15) is 0 Å². The van der Waals surface area contributed by atoms with Gasteiger partial charge < -0.3 is 19.9 Å². The zero-order valence-electron chi connectivity index (χ0n) is 46.1. The van der Waals surface area contributed by atoms with Crippen molar-refractivity contribution in [3.05, 3.63) is 328 Å². The molecule has 0 aliphatic heterocycles. The third-order valence-corrected chi connectivity index (χ3v) is 15.5. The van der Waals surface area contributed by atoms with Crippen molar-refractivity contribution in [1.29, 1.82) is 0 Å². The van der Waals surface area contributed by atoms with E-state index in [0.29, 0.717) is 0 Å². The largest absolute Gasteiger partial charge is 3.00 e. The second-order valence-electron chi connectivity index (χ2n) is 20.7. The molecule has 0 atom stereocenters. The Kier molecular flexibility index (Phi) is 15.5. The van der Waals surface area contributed by atoms with E-state index in [0.717, 1.165) is 145 Å². The van der Waals surface area contributed by atoms with Crippen molar-refractivity contribution in [3.63, 3.8) is 0 Å². The van der Waals surface area contributed by atoms with Crippen LogP contribution in [0, 0.1) is 18.2 Å². The number of hydrogen-bond acceptors (Lipinski definition) is 4. The SMILES string of the molecule is [Ir+3].[c-]1cc(-c2ccccc2-c2cc(-c3ccccc3-c3c[c-]c(-c4ccccn4)cc3-c3cccc(-c4ccccc4)c3)cc(-c3ccccc3-c3c[c-]c(-c4ccccn4)cc3-c3cccc(-c4ccccc4)c3)c2)ncc1-c1ccccn1. The molecule has 5 heteroatoms. The van der Waals surface area contributed by atoms with Gasteiger partial charge in [-0.1, -0.05) is 246 Å². The fourth-order valence-electron chi connectivity index (χ4n) is 11.4. The number of nitrogens with zero attached hydrogens (tertiary/aromatic N) is 4. The zero-order chi connectivity index (χ0) is 56.0. The molecule has 4 heterocycles. The van der Waals surface area contributed by atoms with E-state index >= 15 is 0 Å². The van der Waals surface area contributed by atoms with Gasteiger partial charge in [0.15, 0.2) is 0 Å². The third-order valence-electron chi connectivity index (χ3n) is 15.5. The first-order valence-corrected chi connectivity index (χ1v) is 28.1. The average molecular weight is 1260 g/mol. The molecule has 0 bridgehead atoms. The summed E-state index contributed by atoms with van der Waals surface area (Å²) < 4.78 is 0. The Labute approximate surface area is 510 Å². The van der Waals surface area contributed by atoms with Gasteiger partial charge in [0.05, 0.1) is 0 Å². The van der Waals surface area contributed by atoms with E-state index in [-0.39, 0.29) is 20.1 Å². The van der Waals surface area contributed by atoms with Gasteiger partial charge in [-0.15, -0.1) is 65.2 Å². The fraction of sp³-hybridized carbons (Fsp3) is 0. The summed E-state index contributed by atoms with van der Waals surface area (Å²) in [6.45, 7) is 0. The number of pyridine rings is 4. The maximum atomic E-state index is 5.08. The van der Waals surface area contributed by atoms with Gasteiger partial charge in [-0.05, 0) is 144 Å². The number of hydrogen-bond donors (Lipinski definition) is 0. The van der Waals surface area contributed by atoms with Gasteiger partial charge in [-0.25, -0.2) is 0 Å². The average Bonchev–Trinajstić information content (AvgIpc) is 3.77. The second kappa shape index (κ2) is 24.5. The summed E-state index contributed by atoms with van der Waals surface area (Å²) in [4.78, 5) is 19.2. The first-order chi connectivity index (χ1) is 41.6.